The third-order valence-electron chi connectivity index (χ3n) is 7.32. The first kappa shape index (κ1) is 30.1. The Morgan fingerprint density at radius 2 is 1.79 bits per heavy atom. The Balaban J connectivity index is 2.69. The zero-order valence-electron chi connectivity index (χ0n) is 22.7. The van der Waals surface area contributed by atoms with E-state index in [9.17, 15) is 5.11 Å². The molecule has 5 heteroatoms. The van der Waals surface area contributed by atoms with Crippen molar-refractivity contribution in [2.24, 2.45) is 11.8 Å². The maximum Gasteiger partial charge on any atom is 0.200 e. The van der Waals surface area contributed by atoms with Crippen LogP contribution in [0.5, 0.6) is 0 Å². The Bertz CT molecular complexity index is 664. The minimum Gasteiger partial charge on any atom is -0.416 e. The smallest absolute Gasteiger partial charge is 0.200 e. The van der Waals surface area contributed by atoms with Gasteiger partial charge in [0.25, 0.3) is 0 Å². The van der Waals surface area contributed by atoms with E-state index in [0.29, 0.717) is 23.0 Å². The lowest BCUT2D eigenvalue weighted by atomic mass is 9.72. The van der Waals surface area contributed by atoms with Crippen molar-refractivity contribution in [2.75, 3.05) is 20.5 Å². The number of hydrogen-bond donors (Lipinski definition) is 1. The van der Waals surface area contributed by atoms with Gasteiger partial charge < -0.3 is 19.0 Å². The van der Waals surface area contributed by atoms with Gasteiger partial charge in [-0.05, 0) is 67.1 Å². The summed E-state index contributed by atoms with van der Waals surface area (Å²) in [7, 11) is -0.186. The zero-order valence-corrected chi connectivity index (χ0v) is 23.7. The lowest BCUT2D eigenvalue weighted by molar-refractivity contribution is -0.0901. The fourth-order valence-corrected chi connectivity index (χ4v) is 11.3. The molecule has 0 radical (unpaired) electrons. The number of methoxy groups -OCH3 is 1. The Hall–Kier alpha value is -0.903. The lowest BCUT2D eigenvalue weighted by Crippen LogP contribution is -2.47. The molecular formula is C28H50O4Si. The van der Waals surface area contributed by atoms with Gasteiger partial charge in [0.15, 0.2) is 8.32 Å². The molecule has 0 unspecified atom stereocenters. The van der Waals surface area contributed by atoms with Crippen LogP contribution in [0.2, 0.25) is 16.6 Å². The molecule has 0 heterocycles. The van der Waals surface area contributed by atoms with E-state index in [0.717, 1.165) is 31.4 Å². The summed E-state index contributed by atoms with van der Waals surface area (Å²) >= 11 is 0. The van der Waals surface area contributed by atoms with Crippen LogP contribution in [-0.4, -0.2) is 46.1 Å². The Morgan fingerprint density at radius 3 is 2.30 bits per heavy atom. The van der Waals surface area contributed by atoms with Gasteiger partial charge in [0.05, 0.1) is 6.10 Å². The first-order valence-corrected chi connectivity index (χ1v) is 14.9. The van der Waals surface area contributed by atoms with Crippen LogP contribution in [-0.2, 0) is 13.9 Å². The number of ether oxygens (including phenoxy) is 2. The van der Waals surface area contributed by atoms with E-state index >= 15 is 0 Å². The molecule has 0 saturated heterocycles. The van der Waals surface area contributed by atoms with Crippen molar-refractivity contribution >= 4 is 8.32 Å². The van der Waals surface area contributed by atoms with Gasteiger partial charge in [-0.25, -0.2) is 0 Å². The Morgan fingerprint density at radius 1 is 1.18 bits per heavy atom. The van der Waals surface area contributed by atoms with E-state index in [4.69, 9.17) is 13.9 Å². The summed E-state index contributed by atoms with van der Waals surface area (Å²) in [6, 6.07) is 0. The number of aliphatic hydroxyl groups excluding tert-OH is 1. The molecule has 0 saturated carbocycles. The highest BCUT2D eigenvalue weighted by Crippen LogP contribution is 2.42. The molecule has 0 fully saturated rings. The summed E-state index contributed by atoms with van der Waals surface area (Å²) in [6.45, 7) is 23.2. The second kappa shape index (κ2) is 14.5. The minimum absolute atomic E-state index is 0.0774. The van der Waals surface area contributed by atoms with Gasteiger partial charge in [0.1, 0.15) is 12.9 Å². The molecule has 0 amide bonds. The summed E-state index contributed by atoms with van der Waals surface area (Å²) in [6.07, 6.45) is 4.63. The highest BCUT2D eigenvalue weighted by Gasteiger charge is 2.44. The van der Waals surface area contributed by atoms with Crippen molar-refractivity contribution in [3.05, 3.63) is 23.8 Å². The van der Waals surface area contributed by atoms with Crippen molar-refractivity contribution in [1.29, 1.82) is 0 Å². The van der Waals surface area contributed by atoms with Crippen LogP contribution in [0, 0.1) is 23.7 Å². The second-order valence-corrected chi connectivity index (χ2v) is 16.1. The molecule has 1 N–H and O–H groups in total. The van der Waals surface area contributed by atoms with Gasteiger partial charge in [0, 0.05) is 20.1 Å². The molecule has 0 aromatic heterocycles. The highest BCUT2D eigenvalue weighted by atomic mass is 28.4. The quantitative estimate of drug-likeness (QED) is 0.103. The molecule has 4 atom stereocenters. The van der Waals surface area contributed by atoms with Crippen molar-refractivity contribution < 1.29 is 19.0 Å². The van der Waals surface area contributed by atoms with Gasteiger partial charge in [-0.15, -0.1) is 5.92 Å². The minimum atomic E-state index is -1.82. The molecule has 0 aromatic carbocycles. The summed E-state index contributed by atoms with van der Waals surface area (Å²) in [5, 5.41) is 10.7. The molecule has 1 aliphatic rings. The van der Waals surface area contributed by atoms with E-state index in [1.807, 2.05) is 0 Å². The fourth-order valence-electron chi connectivity index (χ4n) is 5.82. The third kappa shape index (κ3) is 8.37. The monoisotopic (exact) mass is 478 g/mol. The number of aliphatic hydroxyl groups is 1. The normalized spacial score (nSPS) is 22.3. The van der Waals surface area contributed by atoms with Crippen LogP contribution in [0.4, 0.5) is 0 Å². The molecule has 1 rings (SSSR count). The Kier molecular flexibility index (Phi) is 13.2. The molecule has 0 aromatic rings. The van der Waals surface area contributed by atoms with Crippen LogP contribution < -0.4 is 0 Å². The Labute approximate surface area is 205 Å². The SMILES string of the molecule is C=C(C)[C@@H]1CC=C(C)[C@H](OCOC)[C@H]1C[C@@H](O)C#CCCCO[Si](C(C)C)(C(C)C)C(C)C. The van der Waals surface area contributed by atoms with Crippen LogP contribution in [0.3, 0.4) is 0 Å². The van der Waals surface area contributed by atoms with Crippen LogP contribution in [0.1, 0.15) is 81.1 Å². The predicted molar refractivity (Wildman–Crippen MR) is 142 cm³/mol. The average molecular weight is 479 g/mol. The molecule has 1 aliphatic carbocycles. The number of hydrogen-bond acceptors (Lipinski definition) is 4. The maximum atomic E-state index is 10.7. The summed E-state index contributed by atoms with van der Waals surface area (Å²) in [5.41, 5.74) is 4.09. The molecule has 0 spiro atoms. The summed E-state index contributed by atoms with van der Waals surface area (Å²) in [5.74, 6) is 6.69. The van der Waals surface area contributed by atoms with E-state index < -0.39 is 14.4 Å². The summed E-state index contributed by atoms with van der Waals surface area (Å²) in [4.78, 5) is 0. The van der Waals surface area contributed by atoms with Crippen molar-refractivity contribution in [3.8, 4) is 11.8 Å². The summed E-state index contributed by atoms with van der Waals surface area (Å²) < 4.78 is 17.7. The number of unbranched alkanes of at least 4 members (excludes halogenated alkanes) is 1. The van der Waals surface area contributed by atoms with Crippen molar-refractivity contribution in [3.63, 3.8) is 0 Å². The molecule has 33 heavy (non-hydrogen) atoms. The number of rotatable bonds is 13. The topological polar surface area (TPSA) is 47.9 Å². The average Bonchev–Trinajstić information content (AvgIpc) is 2.71. The van der Waals surface area contributed by atoms with E-state index in [1.54, 1.807) is 7.11 Å². The predicted octanol–water partition coefficient (Wildman–Crippen LogP) is 6.86. The van der Waals surface area contributed by atoms with Crippen LogP contribution >= 0.6 is 0 Å². The zero-order chi connectivity index (χ0) is 25.2. The van der Waals surface area contributed by atoms with Gasteiger partial charge in [-0.2, -0.15) is 0 Å². The first-order chi connectivity index (χ1) is 15.5. The largest absolute Gasteiger partial charge is 0.416 e. The molecule has 4 nitrogen and oxygen atoms in total. The second-order valence-electron chi connectivity index (χ2n) is 10.6. The highest BCUT2D eigenvalue weighted by molar-refractivity contribution is 6.77. The van der Waals surface area contributed by atoms with Crippen LogP contribution in [0.25, 0.3) is 0 Å². The van der Waals surface area contributed by atoms with Gasteiger partial charge in [0.2, 0.25) is 0 Å². The molecule has 0 aliphatic heterocycles. The molecule has 0 bridgehead atoms. The standard InChI is InChI=1S/C28H50O4Si/c1-20(2)26-16-15-24(9)28(31-19-30-10)27(26)18-25(29)14-12-11-13-17-32-33(21(3)4,22(5)6)23(7)8/h15,21-23,25-29H,1,11,13,16-19H2,2-10H3/t25-,26-,27-,28-/m0/s1. The third-order valence-corrected chi connectivity index (χ3v) is 13.4. The van der Waals surface area contributed by atoms with Crippen LogP contribution in [0.15, 0.2) is 23.8 Å². The van der Waals surface area contributed by atoms with Gasteiger partial charge in [-0.1, -0.05) is 65.7 Å². The first-order valence-electron chi connectivity index (χ1n) is 12.7. The maximum absolute atomic E-state index is 10.7. The van der Waals surface area contributed by atoms with Gasteiger partial charge >= 0.3 is 0 Å². The fraction of sp³-hybridized carbons (Fsp3) is 0.786. The van der Waals surface area contributed by atoms with E-state index in [2.05, 4.69) is 79.9 Å². The molecule has 190 valence electrons. The van der Waals surface area contributed by atoms with E-state index in [1.165, 1.54) is 5.57 Å². The molecular weight excluding hydrogens is 428 g/mol. The van der Waals surface area contributed by atoms with Gasteiger partial charge in [-0.3, -0.25) is 0 Å². The van der Waals surface area contributed by atoms with Crippen molar-refractivity contribution in [1.82, 2.24) is 0 Å². The van der Waals surface area contributed by atoms with Crippen molar-refractivity contribution in [2.45, 2.75) is 110 Å². The lowest BCUT2D eigenvalue weighted by Gasteiger charge is -2.42. The van der Waals surface area contributed by atoms with E-state index in [-0.39, 0.29) is 24.7 Å². The number of allylic oxidation sites excluding steroid dienone is 2.